The molecule has 0 saturated carbocycles. The van der Waals surface area contributed by atoms with E-state index in [-0.39, 0.29) is 12.4 Å². The third-order valence-corrected chi connectivity index (χ3v) is 3.16. The fraction of sp³-hybridized carbons (Fsp3) is 0.538. The van der Waals surface area contributed by atoms with Gasteiger partial charge in [-0.3, -0.25) is 0 Å². The van der Waals surface area contributed by atoms with Crippen LogP contribution in [-0.2, 0) is 0 Å². The summed E-state index contributed by atoms with van der Waals surface area (Å²) >= 11 is 0. The minimum atomic E-state index is 0. The summed E-state index contributed by atoms with van der Waals surface area (Å²) in [5.74, 6) is 2.39. The lowest BCUT2D eigenvalue weighted by Gasteiger charge is -2.19. The van der Waals surface area contributed by atoms with E-state index in [0.29, 0.717) is 6.04 Å². The van der Waals surface area contributed by atoms with Gasteiger partial charge in [-0.1, -0.05) is 0 Å². The highest BCUT2D eigenvalue weighted by atomic mass is 35.5. The number of nitrogens with one attached hydrogen (secondary N) is 1. The maximum absolute atomic E-state index is 5.44. The first-order valence-electron chi connectivity index (χ1n) is 5.83. The van der Waals surface area contributed by atoms with E-state index in [2.05, 4.69) is 5.32 Å². The molecule has 1 fully saturated rings. The molecule has 4 nitrogen and oxygen atoms in total. The molecule has 18 heavy (non-hydrogen) atoms. The minimum Gasteiger partial charge on any atom is -0.496 e. The van der Waals surface area contributed by atoms with Crippen LogP contribution in [0.2, 0.25) is 0 Å². The fourth-order valence-corrected chi connectivity index (χ4v) is 2.31. The molecule has 102 valence electrons. The summed E-state index contributed by atoms with van der Waals surface area (Å²) in [4.78, 5) is 0. The van der Waals surface area contributed by atoms with Crippen LogP contribution in [0.4, 0.5) is 0 Å². The first kappa shape index (κ1) is 14.9. The summed E-state index contributed by atoms with van der Waals surface area (Å²) in [6.45, 7) is 1.04. The van der Waals surface area contributed by atoms with Crippen molar-refractivity contribution in [3.05, 3.63) is 17.7 Å². The molecule has 0 spiro atoms. The molecule has 0 radical (unpaired) electrons. The molecule has 1 aromatic carbocycles. The number of benzene rings is 1. The third kappa shape index (κ3) is 2.82. The van der Waals surface area contributed by atoms with Crippen molar-refractivity contribution >= 4 is 12.4 Å². The second-order valence-corrected chi connectivity index (χ2v) is 4.09. The first-order valence-corrected chi connectivity index (χ1v) is 5.83. The summed E-state index contributed by atoms with van der Waals surface area (Å²) < 4.78 is 16.1. The quantitative estimate of drug-likeness (QED) is 0.915. The number of ether oxygens (including phenoxy) is 3. The fourth-order valence-electron chi connectivity index (χ4n) is 2.31. The Bertz CT molecular complexity index is 367. The Morgan fingerprint density at radius 1 is 1.06 bits per heavy atom. The van der Waals surface area contributed by atoms with Crippen LogP contribution in [0.25, 0.3) is 0 Å². The van der Waals surface area contributed by atoms with E-state index in [1.165, 1.54) is 6.42 Å². The average molecular weight is 274 g/mol. The molecule has 1 aliphatic rings. The van der Waals surface area contributed by atoms with Gasteiger partial charge in [0.1, 0.15) is 17.2 Å². The van der Waals surface area contributed by atoms with Crippen molar-refractivity contribution in [3.8, 4) is 17.2 Å². The topological polar surface area (TPSA) is 39.7 Å². The van der Waals surface area contributed by atoms with E-state index < -0.39 is 0 Å². The van der Waals surface area contributed by atoms with Crippen molar-refractivity contribution in [3.63, 3.8) is 0 Å². The Morgan fingerprint density at radius 2 is 1.67 bits per heavy atom. The third-order valence-electron chi connectivity index (χ3n) is 3.16. The number of hydrogen-bond acceptors (Lipinski definition) is 4. The Morgan fingerprint density at radius 3 is 2.06 bits per heavy atom. The monoisotopic (exact) mass is 273 g/mol. The van der Waals surface area contributed by atoms with Gasteiger partial charge in [-0.05, 0) is 19.4 Å². The first-order chi connectivity index (χ1) is 8.30. The molecule has 1 saturated heterocycles. The molecule has 1 aromatic rings. The molecule has 0 aliphatic carbocycles. The summed E-state index contributed by atoms with van der Waals surface area (Å²) in [6.07, 6.45) is 2.29. The van der Waals surface area contributed by atoms with E-state index in [4.69, 9.17) is 14.2 Å². The maximum Gasteiger partial charge on any atom is 0.131 e. The van der Waals surface area contributed by atoms with Crippen LogP contribution >= 0.6 is 12.4 Å². The van der Waals surface area contributed by atoms with Gasteiger partial charge >= 0.3 is 0 Å². The normalized spacial score (nSPS) is 18.1. The predicted octanol–water partition coefficient (Wildman–Crippen LogP) is 2.56. The number of rotatable bonds is 4. The van der Waals surface area contributed by atoms with Crippen molar-refractivity contribution in [2.75, 3.05) is 27.9 Å². The second kappa shape index (κ2) is 6.71. The summed E-state index contributed by atoms with van der Waals surface area (Å²) in [5.41, 5.74) is 1.09. The SMILES string of the molecule is COc1cc(OC)c([C@H]2CCCN2)c(OC)c1.Cl. The predicted molar refractivity (Wildman–Crippen MR) is 73.3 cm³/mol. The van der Waals surface area contributed by atoms with Gasteiger partial charge in [0.25, 0.3) is 0 Å². The minimum absolute atomic E-state index is 0. The van der Waals surface area contributed by atoms with Gasteiger partial charge in [-0.2, -0.15) is 0 Å². The van der Waals surface area contributed by atoms with Gasteiger partial charge in [-0.15, -0.1) is 12.4 Å². The van der Waals surface area contributed by atoms with E-state index >= 15 is 0 Å². The van der Waals surface area contributed by atoms with Gasteiger partial charge < -0.3 is 19.5 Å². The molecule has 1 aliphatic heterocycles. The molecule has 1 N–H and O–H groups in total. The van der Waals surface area contributed by atoms with Crippen molar-refractivity contribution in [2.45, 2.75) is 18.9 Å². The van der Waals surface area contributed by atoms with Gasteiger partial charge in [0.2, 0.25) is 0 Å². The maximum atomic E-state index is 5.44. The molecular formula is C13H20ClNO3. The molecular weight excluding hydrogens is 254 g/mol. The Kier molecular flexibility index (Phi) is 5.56. The lowest BCUT2D eigenvalue weighted by Crippen LogP contribution is -2.15. The Labute approximate surface area is 114 Å². The number of halogens is 1. The zero-order valence-electron chi connectivity index (χ0n) is 11.0. The Hall–Kier alpha value is -1.13. The standard InChI is InChI=1S/C13H19NO3.ClH/c1-15-9-7-11(16-2)13(12(8-9)17-3)10-5-4-6-14-10;/h7-8,10,14H,4-6H2,1-3H3;1H/t10-;/m1./s1. The van der Waals surface area contributed by atoms with Crippen LogP contribution in [0, 0.1) is 0 Å². The van der Waals surface area contributed by atoms with Gasteiger partial charge in [-0.25, -0.2) is 0 Å². The van der Waals surface area contributed by atoms with E-state index in [0.717, 1.165) is 35.8 Å². The van der Waals surface area contributed by atoms with E-state index in [9.17, 15) is 0 Å². The summed E-state index contributed by atoms with van der Waals surface area (Å²) in [6, 6.07) is 4.11. The van der Waals surface area contributed by atoms with Crippen LogP contribution in [0.3, 0.4) is 0 Å². The molecule has 1 atom stereocenters. The molecule has 5 heteroatoms. The number of methoxy groups -OCH3 is 3. The van der Waals surface area contributed by atoms with Crippen LogP contribution in [0.15, 0.2) is 12.1 Å². The molecule has 0 amide bonds. The highest BCUT2D eigenvalue weighted by Crippen LogP contribution is 2.40. The zero-order chi connectivity index (χ0) is 12.3. The van der Waals surface area contributed by atoms with Crippen molar-refractivity contribution in [1.82, 2.24) is 5.32 Å². The smallest absolute Gasteiger partial charge is 0.131 e. The second-order valence-electron chi connectivity index (χ2n) is 4.09. The van der Waals surface area contributed by atoms with Crippen LogP contribution < -0.4 is 19.5 Å². The molecule has 0 unspecified atom stereocenters. The number of hydrogen-bond donors (Lipinski definition) is 1. The molecule has 1 heterocycles. The highest BCUT2D eigenvalue weighted by Gasteiger charge is 2.24. The molecule has 0 bridgehead atoms. The largest absolute Gasteiger partial charge is 0.496 e. The average Bonchev–Trinajstić information content (AvgIpc) is 2.90. The Balaban J connectivity index is 0.00000162. The van der Waals surface area contributed by atoms with Gasteiger partial charge in [0, 0.05) is 18.2 Å². The van der Waals surface area contributed by atoms with E-state index in [1.54, 1.807) is 21.3 Å². The summed E-state index contributed by atoms with van der Waals surface area (Å²) in [5, 5.41) is 3.46. The van der Waals surface area contributed by atoms with Crippen LogP contribution in [0.5, 0.6) is 17.2 Å². The highest BCUT2D eigenvalue weighted by molar-refractivity contribution is 5.85. The van der Waals surface area contributed by atoms with Gasteiger partial charge in [0.05, 0.1) is 26.9 Å². The molecule has 2 rings (SSSR count). The van der Waals surface area contributed by atoms with Crippen molar-refractivity contribution in [1.29, 1.82) is 0 Å². The van der Waals surface area contributed by atoms with E-state index in [1.807, 2.05) is 12.1 Å². The van der Waals surface area contributed by atoms with Crippen molar-refractivity contribution in [2.24, 2.45) is 0 Å². The molecule has 0 aromatic heterocycles. The summed E-state index contributed by atoms with van der Waals surface area (Å²) in [7, 11) is 4.99. The lowest BCUT2D eigenvalue weighted by molar-refractivity contribution is 0.361. The lowest BCUT2D eigenvalue weighted by atomic mass is 10.0. The van der Waals surface area contributed by atoms with Crippen LogP contribution in [-0.4, -0.2) is 27.9 Å². The van der Waals surface area contributed by atoms with Gasteiger partial charge in [0.15, 0.2) is 0 Å². The van der Waals surface area contributed by atoms with Crippen LogP contribution in [0.1, 0.15) is 24.4 Å². The van der Waals surface area contributed by atoms with Crippen molar-refractivity contribution < 1.29 is 14.2 Å². The zero-order valence-corrected chi connectivity index (χ0v) is 11.8.